The highest BCUT2D eigenvalue weighted by atomic mass is 35.5. The second kappa shape index (κ2) is 5.30. The Kier molecular flexibility index (Phi) is 4.02. The van der Waals surface area contributed by atoms with Crippen molar-refractivity contribution in [3.05, 3.63) is 45.7 Å². The van der Waals surface area contributed by atoms with E-state index >= 15 is 0 Å². The Morgan fingerprint density at radius 1 is 1.25 bits per heavy atom. The molecule has 0 amide bonds. The van der Waals surface area contributed by atoms with Crippen LogP contribution in [0.15, 0.2) is 18.2 Å². The lowest BCUT2D eigenvalue weighted by Crippen LogP contribution is -2.09. The van der Waals surface area contributed by atoms with E-state index < -0.39 is 11.9 Å². The molecule has 0 fully saturated rings. The Bertz CT molecular complexity index is 648. The lowest BCUT2D eigenvalue weighted by molar-refractivity contribution is -0.141. The minimum Gasteiger partial charge on any atom is -0.221 e. The third kappa shape index (κ3) is 2.65. The van der Waals surface area contributed by atoms with Gasteiger partial charge >= 0.3 is 6.18 Å². The fourth-order valence-corrected chi connectivity index (χ4v) is 2.49. The number of aromatic nitrogens is 2. The van der Waals surface area contributed by atoms with Crippen molar-refractivity contribution in [3.8, 4) is 5.69 Å². The van der Waals surface area contributed by atoms with Crippen molar-refractivity contribution in [1.82, 2.24) is 9.78 Å². The summed E-state index contributed by atoms with van der Waals surface area (Å²) in [5.74, 6) is -0.349. The maximum Gasteiger partial charge on any atom is 0.435 e. The van der Waals surface area contributed by atoms with Gasteiger partial charge in [0, 0.05) is 5.56 Å². The van der Waals surface area contributed by atoms with Gasteiger partial charge < -0.3 is 0 Å². The highest BCUT2D eigenvalue weighted by Gasteiger charge is 2.39. The number of hydrogen-bond acceptors (Lipinski definition) is 1. The summed E-state index contributed by atoms with van der Waals surface area (Å²) in [5, 5.41) is 3.49. The molecule has 0 aliphatic heterocycles. The number of rotatable bonds is 2. The van der Waals surface area contributed by atoms with Crippen LogP contribution in [0, 0.1) is 13.8 Å². The van der Waals surface area contributed by atoms with Crippen molar-refractivity contribution < 1.29 is 13.2 Å². The molecule has 0 radical (unpaired) electrons. The molecule has 1 heterocycles. The van der Waals surface area contributed by atoms with E-state index in [-0.39, 0.29) is 16.6 Å². The quantitative estimate of drug-likeness (QED) is 0.719. The van der Waals surface area contributed by atoms with Crippen molar-refractivity contribution in [2.45, 2.75) is 25.9 Å². The van der Waals surface area contributed by atoms with Crippen molar-refractivity contribution in [2.24, 2.45) is 0 Å². The Labute approximate surface area is 124 Å². The minimum atomic E-state index is -4.59. The normalized spacial score (nSPS) is 11.9. The molecule has 0 aliphatic carbocycles. The predicted molar refractivity (Wildman–Crippen MR) is 72.6 cm³/mol. The first kappa shape index (κ1) is 15.2. The second-order valence-electron chi connectivity index (χ2n) is 4.45. The van der Waals surface area contributed by atoms with Gasteiger partial charge in [0.25, 0.3) is 0 Å². The molecule has 2 aromatic rings. The Morgan fingerprint density at radius 3 is 2.40 bits per heavy atom. The van der Waals surface area contributed by atoms with E-state index in [1.807, 2.05) is 13.0 Å². The largest absolute Gasteiger partial charge is 0.435 e. The molecule has 0 atom stereocenters. The van der Waals surface area contributed by atoms with Gasteiger partial charge in [-0.1, -0.05) is 23.7 Å². The maximum absolute atomic E-state index is 12.9. The van der Waals surface area contributed by atoms with Gasteiger partial charge in [0.1, 0.15) is 5.15 Å². The molecule has 0 saturated heterocycles. The van der Waals surface area contributed by atoms with E-state index in [1.165, 1.54) is 0 Å². The summed E-state index contributed by atoms with van der Waals surface area (Å²) in [6, 6.07) is 5.39. The molecule has 7 heteroatoms. The number of aryl methyl sites for hydroxylation is 2. The van der Waals surface area contributed by atoms with Crippen molar-refractivity contribution >= 4 is 23.2 Å². The first-order chi connectivity index (χ1) is 9.25. The molecule has 0 bridgehead atoms. The summed E-state index contributed by atoms with van der Waals surface area (Å²) >= 11 is 11.6. The van der Waals surface area contributed by atoms with Gasteiger partial charge in [-0.2, -0.15) is 18.3 Å². The summed E-state index contributed by atoms with van der Waals surface area (Å²) in [6.07, 6.45) is -4.59. The number of alkyl halides is 4. The zero-order chi connectivity index (χ0) is 15.1. The van der Waals surface area contributed by atoms with E-state index in [4.69, 9.17) is 23.2 Å². The van der Waals surface area contributed by atoms with Gasteiger partial charge in [0.05, 0.1) is 11.6 Å². The topological polar surface area (TPSA) is 17.8 Å². The SMILES string of the molecule is Cc1ccc(C)c(-n2nc(C(F)(F)F)c(CCl)c2Cl)c1. The summed E-state index contributed by atoms with van der Waals surface area (Å²) in [6.45, 7) is 3.62. The molecular weight excluding hydrogens is 312 g/mol. The van der Waals surface area contributed by atoms with Crippen molar-refractivity contribution in [1.29, 1.82) is 0 Å². The maximum atomic E-state index is 12.9. The number of hydrogen-bond donors (Lipinski definition) is 0. The van der Waals surface area contributed by atoms with Gasteiger partial charge in [0.2, 0.25) is 0 Å². The lowest BCUT2D eigenvalue weighted by Gasteiger charge is -2.08. The van der Waals surface area contributed by atoms with Crippen molar-refractivity contribution in [2.75, 3.05) is 0 Å². The smallest absolute Gasteiger partial charge is 0.221 e. The number of nitrogens with zero attached hydrogens (tertiary/aromatic N) is 2. The number of benzene rings is 1. The van der Waals surface area contributed by atoms with Crippen LogP contribution in [0.3, 0.4) is 0 Å². The van der Waals surface area contributed by atoms with E-state index in [9.17, 15) is 13.2 Å². The van der Waals surface area contributed by atoms with Crippen LogP contribution in [0.25, 0.3) is 5.69 Å². The summed E-state index contributed by atoms with van der Waals surface area (Å²) in [5.41, 5.74) is 0.935. The van der Waals surface area contributed by atoms with Crippen LogP contribution < -0.4 is 0 Å². The summed E-state index contributed by atoms with van der Waals surface area (Å²) in [7, 11) is 0. The average molecular weight is 323 g/mol. The third-order valence-corrected chi connectivity index (χ3v) is 3.57. The van der Waals surface area contributed by atoms with E-state index in [2.05, 4.69) is 5.10 Å². The first-order valence-electron chi connectivity index (χ1n) is 5.74. The molecule has 0 unspecified atom stereocenters. The van der Waals surface area contributed by atoms with Crippen LogP contribution in [0.5, 0.6) is 0 Å². The molecule has 2 nitrogen and oxygen atoms in total. The second-order valence-corrected chi connectivity index (χ2v) is 5.08. The van der Waals surface area contributed by atoms with Gasteiger partial charge in [0.15, 0.2) is 5.69 Å². The molecule has 0 aliphatic rings. The molecule has 20 heavy (non-hydrogen) atoms. The third-order valence-electron chi connectivity index (χ3n) is 2.92. The highest BCUT2D eigenvalue weighted by molar-refractivity contribution is 6.31. The van der Waals surface area contributed by atoms with Gasteiger partial charge in [-0.05, 0) is 31.0 Å². The van der Waals surface area contributed by atoms with Crippen LogP contribution in [0.1, 0.15) is 22.4 Å². The molecule has 1 aromatic carbocycles. The van der Waals surface area contributed by atoms with E-state index in [0.717, 1.165) is 15.8 Å². The first-order valence-corrected chi connectivity index (χ1v) is 6.65. The summed E-state index contributed by atoms with van der Waals surface area (Å²) < 4.78 is 39.9. The molecule has 0 N–H and O–H groups in total. The lowest BCUT2D eigenvalue weighted by atomic mass is 10.1. The standard InChI is InChI=1S/C13H11Cl2F3N2/c1-7-3-4-8(2)10(5-7)20-12(15)9(6-14)11(19-20)13(16,17)18/h3-5H,6H2,1-2H3. The zero-order valence-corrected chi connectivity index (χ0v) is 12.2. The number of halogens is 5. The molecular formula is C13H11Cl2F3N2. The Hall–Kier alpha value is -1.20. The van der Waals surface area contributed by atoms with Crippen LogP contribution >= 0.6 is 23.2 Å². The van der Waals surface area contributed by atoms with E-state index in [1.54, 1.807) is 19.1 Å². The highest BCUT2D eigenvalue weighted by Crippen LogP contribution is 2.36. The average Bonchev–Trinajstić information content (AvgIpc) is 2.69. The predicted octanol–water partition coefficient (Wildman–Crippen LogP) is 4.90. The molecule has 0 saturated carbocycles. The Morgan fingerprint density at radius 2 is 1.90 bits per heavy atom. The van der Waals surface area contributed by atoms with Crippen LogP contribution in [-0.2, 0) is 12.1 Å². The monoisotopic (exact) mass is 322 g/mol. The zero-order valence-electron chi connectivity index (χ0n) is 10.7. The van der Waals surface area contributed by atoms with Gasteiger partial charge in [-0.15, -0.1) is 11.6 Å². The Balaban J connectivity index is 2.70. The van der Waals surface area contributed by atoms with Crippen LogP contribution in [0.2, 0.25) is 5.15 Å². The summed E-state index contributed by atoms with van der Waals surface area (Å²) in [4.78, 5) is 0. The fraction of sp³-hybridized carbons (Fsp3) is 0.308. The molecule has 2 rings (SSSR count). The van der Waals surface area contributed by atoms with Gasteiger partial charge in [-0.3, -0.25) is 0 Å². The fourth-order valence-electron chi connectivity index (χ4n) is 1.88. The molecule has 1 aromatic heterocycles. The van der Waals surface area contributed by atoms with Gasteiger partial charge in [-0.25, -0.2) is 4.68 Å². The molecule has 108 valence electrons. The molecule has 0 spiro atoms. The van der Waals surface area contributed by atoms with Crippen molar-refractivity contribution in [3.63, 3.8) is 0 Å². The van der Waals surface area contributed by atoms with Crippen LogP contribution in [0.4, 0.5) is 13.2 Å². The minimum absolute atomic E-state index is 0.110. The van der Waals surface area contributed by atoms with Crippen LogP contribution in [-0.4, -0.2) is 9.78 Å². The van der Waals surface area contributed by atoms with E-state index in [0.29, 0.717) is 5.69 Å².